The molecule has 0 aromatic carbocycles. The maximum atomic E-state index is 2.78. The molecule has 0 saturated heterocycles. The molecule has 4 heteroatoms. The van der Waals surface area contributed by atoms with E-state index in [1.54, 1.807) is 0 Å². The van der Waals surface area contributed by atoms with Crippen molar-refractivity contribution in [1.29, 1.82) is 0 Å². The summed E-state index contributed by atoms with van der Waals surface area (Å²) < 4.78 is 0.313. The Balaban J connectivity index is -0.000000403. The van der Waals surface area contributed by atoms with Crippen molar-refractivity contribution in [1.82, 2.24) is 0 Å². The van der Waals surface area contributed by atoms with Crippen molar-refractivity contribution in [2.24, 2.45) is 0 Å². The van der Waals surface area contributed by atoms with Gasteiger partial charge in [0, 0.05) is 0 Å². The molecule has 0 nitrogen and oxygen atoms in total. The van der Waals surface area contributed by atoms with Crippen LogP contribution in [-0.4, -0.2) is 0 Å². The van der Waals surface area contributed by atoms with E-state index in [0.29, 0.717) is 4.13 Å². The number of halogens is 3. The van der Waals surface area contributed by atoms with Crippen molar-refractivity contribution < 1.29 is 17.4 Å². The van der Waals surface area contributed by atoms with Crippen LogP contribution >= 0.6 is 37.2 Å². The van der Waals surface area contributed by atoms with Crippen LogP contribution in [0.2, 0.25) is 4.13 Å². The molecule has 1 rings (SSSR count). The molecule has 0 aromatic heterocycles. The maximum absolute atomic E-state index is 2.78. The monoisotopic (exact) mass is 294 g/mol. The Morgan fingerprint density at radius 2 is 1.86 bits per heavy atom. The number of hydrogen-bond donors (Lipinski definition) is 0. The van der Waals surface area contributed by atoms with Crippen LogP contribution in [0.25, 0.3) is 0 Å². The van der Waals surface area contributed by atoms with Crippen molar-refractivity contribution in [3.8, 4) is 0 Å². The van der Waals surface area contributed by atoms with E-state index in [9.17, 15) is 0 Å². The Kier molecular flexibility index (Phi) is 13.4. The van der Waals surface area contributed by atoms with Crippen molar-refractivity contribution in [2.75, 3.05) is 0 Å². The second-order valence-corrected chi connectivity index (χ2v) is 4.62. The second-order valence-electron chi connectivity index (χ2n) is 3.32. The molecular formula is C10H18Cl3V. The molecule has 0 radical (unpaired) electrons. The summed E-state index contributed by atoms with van der Waals surface area (Å²) in [5.41, 5.74) is 1.40. The molecule has 14 heavy (non-hydrogen) atoms. The zero-order valence-electron chi connectivity index (χ0n) is 8.53. The van der Waals surface area contributed by atoms with Gasteiger partial charge >= 0.3 is 78.5 Å². The minimum atomic E-state index is 0. The van der Waals surface area contributed by atoms with Crippen molar-refractivity contribution in [2.45, 2.75) is 37.2 Å². The van der Waals surface area contributed by atoms with Crippen LogP contribution in [0.1, 0.15) is 33.1 Å². The molecule has 0 heterocycles. The number of hydrogen-bond acceptors (Lipinski definition) is 0. The number of allylic oxidation sites excluding steroid dienone is 4. The quantitative estimate of drug-likeness (QED) is 0.710. The summed E-state index contributed by atoms with van der Waals surface area (Å²) in [6.07, 6.45) is 10.8. The minimum absolute atomic E-state index is 0. The zero-order valence-corrected chi connectivity index (χ0v) is 12.4. The molecular weight excluding hydrogens is 277 g/mol. The van der Waals surface area contributed by atoms with E-state index in [4.69, 9.17) is 0 Å². The topological polar surface area (TPSA) is 0 Å². The average Bonchev–Trinajstić information content (AvgIpc) is 2.28. The van der Waals surface area contributed by atoms with Gasteiger partial charge in [0.05, 0.1) is 0 Å². The predicted octanol–water partition coefficient (Wildman–Crippen LogP) is 4.66. The van der Waals surface area contributed by atoms with E-state index in [-0.39, 0.29) is 37.2 Å². The van der Waals surface area contributed by atoms with Crippen LogP contribution in [0.3, 0.4) is 0 Å². The van der Waals surface area contributed by atoms with Gasteiger partial charge in [0.2, 0.25) is 0 Å². The van der Waals surface area contributed by atoms with E-state index in [2.05, 4.69) is 49.5 Å². The third kappa shape index (κ3) is 6.42. The number of rotatable bonds is 3. The van der Waals surface area contributed by atoms with E-state index in [1.165, 1.54) is 24.8 Å². The van der Waals surface area contributed by atoms with E-state index in [0.717, 1.165) is 0 Å². The van der Waals surface area contributed by atoms with Crippen LogP contribution in [0.15, 0.2) is 23.8 Å². The molecule has 0 fully saturated rings. The Bertz CT molecular complexity index is 202. The molecule has 1 unspecified atom stereocenters. The molecule has 0 aliphatic heterocycles. The summed E-state index contributed by atoms with van der Waals surface area (Å²) in [7, 11) is 0. The molecule has 0 bridgehead atoms. The molecule has 0 saturated carbocycles. The summed E-state index contributed by atoms with van der Waals surface area (Å²) in [4.78, 5) is 0. The minimum Gasteiger partial charge on any atom is -0.147 e. The Morgan fingerprint density at radius 3 is 2.21 bits per heavy atom. The first-order valence-corrected chi connectivity index (χ1v) is 4.97. The Hall–Kier alpha value is 0.934. The molecule has 1 atom stereocenters. The fourth-order valence-electron chi connectivity index (χ4n) is 1.38. The average molecular weight is 296 g/mol. The molecule has 1 aliphatic rings. The summed E-state index contributed by atoms with van der Waals surface area (Å²) in [5.74, 6) is 0. The second kappa shape index (κ2) is 9.18. The molecule has 84 valence electrons. The van der Waals surface area contributed by atoms with Gasteiger partial charge in [-0.05, 0) is 0 Å². The zero-order chi connectivity index (χ0) is 8.32. The first kappa shape index (κ1) is 20.4. The van der Waals surface area contributed by atoms with Gasteiger partial charge in [-0.2, -0.15) is 0 Å². The molecule has 0 spiro atoms. The van der Waals surface area contributed by atoms with Gasteiger partial charge in [-0.1, -0.05) is 0 Å². The van der Waals surface area contributed by atoms with Crippen LogP contribution in [0.4, 0.5) is 0 Å². The predicted molar refractivity (Wildman–Crippen MR) is 66.9 cm³/mol. The normalized spacial score (nSPS) is 22.9. The largest absolute Gasteiger partial charge is 0.147 e. The summed E-state index contributed by atoms with van der Waals surface area (Å²) in [5, 5.41) is 0. The summed E-state index contributed by atoms with van der Waals surface area (Å²) >= 11 is 2.78. The first-order chi connectivity index (χ1) is 5.16. The van der Waals surface area contributed by atoms with Crippen LogP contribution in [0.5, 0.6) is 0 Å². The van der Waals surface area contributed by atoms with E-state index < -0.39 is 0 Å². The third-order valence-electron chi connectivity index (χ3n) is 2.04. The van der Waals surface area contributed by atoms with E-state index >= 15 is 0 Å². The summed E-state index contributed by atoms with van der Waals surface area (Å²) in [6.45, 7) is 4.41. The fourth-order valence-corrected chi connectivity index (χ4v) is 2.06. The van der Waals surface area contributed by atoms with Gasteiger partial charge in [-0.15, -0.1) is 37.2 Å². The molecule has 0 amide bonds. The first-order valence-electron chi connectivity index (χ1n) is 4.27. The van der Waals surface area contributed by atoms with Gasteiger partial charge in [0.1, 0.15) is 0 Å². The van der Waals surface area contributed by atoms with Crippen LogP contribution in [-0.2, 0) is 17.4 Å². The van der Waals surface area contributed by atoms with Gasteiger partial charge in [-0.3, -0.25) is 0 Å². The summed E-state index contributed by atoms with van der Waals surface area (Å²) in [6, 6.07) is 0. The van der Waals surface area contributed by atoms with Crippen molar-refractivity contribution >= 4 is 37.2 Å². The Morgan fingerprint density at radius 1 is 1.29 bits per heavy atom. The van der Waals surface area contributed by atoms with Gasteiger partial charge in [0.25, 0.3) is 0 Å². The van der Waals surface area contributed by atoms with Crippen LogP contribution < -0.4 is 0 Å². The third-order valence-corrected chi connectivity index (χ3v) is 2.83. The van der Waals surface area contributed by atoms with Gasteiger partial charge < -0.3 is 0 Å². The maximum Gasteiger partial charge on any atom is -0.147 e. The molecule has 1 aliphatic carbocycles. The van der Waals surface area contributed by atoms with Crippen molar-refractivity contribution in [3.05, 3.63) is 23.8 Å². The van der Waals surface area contributed by atoms with Gasteiger partial charge in [0.15, 0.2) is 0 Å². The fraction of sp³-hybridized carbons (Fsp3) is 0.600. The number of unbranched alkanes of at least 4 members (excludes halogenated alkanes) is 1. The van der Waals surface area contributed by atoms with E-state index in [1.807, 2.05) is 0 Å². The van der Waals surface area contributed by atoms with Crippen molar-refractivity contribution in [3.63, 3.8) is 0 Å². The smallest absolute Gasteiger partial charge is 0.147 e. The Labute approximate surface area is 115 Å². The standard InChI is InChI=1S/C10H15.3ClH.V/c1-3-4-5-10-7-6-9(2)8-10;;;;/h6-8H,3-5H2,1-2H3;3*1H;. The molecule has 0 N–H and O–H groups in total. The van der Waals surface area contributed by atoms with Gasteiger partial charge in [-0.25, -0.2) is 0 Å². The SMILES string of the molecule is CCCC[C]1([V])C=CC(C)=C1.Cl.Cl.Cl. The molecule has 0 aromatic rings. The van der Waals surface area contributed by atoms with Crippen LogP contribution in [0, 0.1) is 0 Å².